The van der Waals surface area contributed by atoms with Crippen LogP contribution in [0.5, 0.6) is 0 Å². The van der Waals surface area contributed by atoms with E-state index in [1.54, 1.807) is 6.07 Å². The van der Waals surface area contributed by atoms with Crippen molar-refractivity contribution in [3.63, 3.8) is 0 Å². The molecule has 0 aliphatic carbocycles. The van der Waals surface area contributed by atoms with Gasteiger partial charge < -0.3 is 0 Å². The van der Waals surface area contributed by atoms with E-state index in [0.717, 1.165) is 25.2 Å². The molecule has 0 aromatic heterocycles. The van der Waals surface area contributed by atoms with Crippen molar-refractivity contribution in [2.24, 2.45) is 0 Å². The molecule has 1 aliphatic rings. The molecule has 0 radical (unpaired) electrons. The number of halogens is 2. The lowest BCUT2D eigenvalue weighted by atomic mass is 10.1. The normalized spacial score (nSPS) is 17.9. The van der Waals surface area contributed by atoms with Crippen LogP contribution >= 0.6 is 0 Å². The lowest BCUT2D eigenvalue weighted by Gasteiger charge is -2.31. The van der Waals surface area contributed by atoms with Crippen molar-refractivity contribution in [1.82, 2.24) is 9.80 Å². The fourth-order valence-electron chi connectivity index (χ4n) is 3.89. The zero-order valence-corrected chi connectivity index (χ0v) is 16.0. The average Bonchev–Trinajstić information content (AvgIpc) is 3.08. The summed E-state index contributed by atoms with van der Waals surface area (Å²) in [7, 11) is 0. The first-order valence-corrected chi connectivity index (χ1v) is 9.63. The third-order valence-electron chi connectivity index (χ3n) is 5.37. The van der Waals surface area contributed by atoms with Crippen molar-refractivity contribution in [2.45, 2.75) is 26.2 Å². The Kier molecular flexibility index (Phi) is 5.51. The molecule has 0 saturated carbocycles. The summed E-state index contributed by atoms with van der Waals surface area (Å²) in [5, 5.41) is 0. The topological polar surface area (TPSA) is 6.48 Å². The van der Waals surface area contributed by atoms with Gasteiger partial charge in [-0.2, -0.15) is 0 Å². The molecule has 0 N–H and O–H groups in total. The molecule has 4 rings (SSSR count). The van der Waals surface area contributed by atoms with E-state index >= 15 is 0 Å². The third-order valence-corrected chi connectivity index (χ3v) is 5.37. The van der Waals surface area contributed by atoms with Gasteiger partial charge in [0.2, 0.25) is 0 Å². The number of nitrogens with zero attached hydrogens (tertiary/aromatic N) is 2. The zero-order valence-electron chi connectivity index (χ0n) is 16.0. The molecule has 0 amide bonds. The number of hydrogen-bond donors (Lipinski definition) is 0. The predicted octanol–water partition coefficient (Wildman–Crippen LogP) is 5.29. The molecule has 28 heavy (non-hydrogen) atoms. The highest BCUT2D eigenvalue weighted by molar-refractivity contribution is 5.25. The first-order valence-electron chi connectivity index (χ1n) is 9.63. The minimum atomic E-state index is -0.243. The van der Waals surface area contributed by atoms with Crippen LogP contribution in [0.2, 0.25) is 0 Å². The molecule has 144 valence electrons. The minimum absolute atomic E-state index is 0.0125. The van der Waals surface area contributed by atoms with Gasteiger partial charge in [-0.1, -0.05) is 60.2 Å². The van der Waals surface area contributed by atoms with Gasteiger partial charge in [-0.25, -0.2) is 8.78 Å². The summed E-state index contributed by atoms with van der Waals surface area (Å²) in [6.07, 6.45) is -0.0125. The van der Waals surface area contributed by atoms with E-state index in [0.29, 0.717) is 12.1 Å². The van der Waals surface area contributed by atoms with Crippen LogP contribution in [0.25, 0.3) is 0 Å². The maximum Gasteiger partial charge on any atom is 0.127 e. The van der Waals surface area contributed by atoms with Crippen molar-refractivity contribution in [1.29, 1.82) is 0 Å². The van der Waals surface area contributed by atoms with Crippen LogP contribution in [-0.4, -0.2) is 22.9 Å². The maximum atomic E-state index is 14.2. The van der Waals surface area contributed by atoms with Gasteiger partial charge in [0.15, 0.2) is 0 Å². The highest BCUT2D eigenvalue weighted by Gasteiger charge is 2.33. The molecule has 4 heteroatoms. The van der Waals surface area contributed by atoms with Crippen LogP contribution in [0.1, 0.15) is 28.4 Å². The highest BCUT2D eigenvalue weighted by Crippen LogP contribution is 2.33. The van der Waals surface area contributed by atoms with Crippen molar-refractivity contribution >= 4 is 0 Å². The Hall–Kier alpha value is -2.56. The summed E-state index contributed by atoms with van der Waals surface area (Å²) in [5.41, 5.74) is 4.20. The largest absolute Gasteiger partial charge is 0.279 e. The Bertz CT molecular complexity index is 922. The molecule has 1 heterocycles. The molecule has 1 unspecified atom stereocenters. The van der Waals surface area contributed by atoms with Gasteiger partial charge in [0.25, 0.3) is 0 Å². The molecule has 3 aromatic rings. The van der Waals surface area contributed by atoms with Gasteiger partial charge in [0, 0.05) is 31.7 Å². The smallest absolute Gasteiger partial charge is 0.127 e. The second kappa shape index (κ2) is 8.21. The van der Waals surface area contributed by atoms with Crippen LogP contribution < -0.4 is 0 Å². The quantitative estimate of drug-likeness (QED) is 0.595. The SMILES string of the molecule is Cc1ccc(CN2CCN(Cc3ccccc3F)C2c2ccc(F)cc2)cc1. The third kappa shape index (κ3) is 4.13. The summed E-state index contributed by atoms with van der Waals surface area (Å²) in [4.78, 5) is 4.64. The summed E-state index contributed by atoms with van der Waals surface area (Å²) in [5.74, 6) is -0.426. The van der Waals surface area contributed by atoms with E-state index in [-0.39, 0.29) is 17.8 Å². The second-order valence-electron chi connectivity index (χ2n) is 7.44. The first kappa shape index (κ1) is 18.8. The summed E-state index contributed by atoms with van der Waals surface area (Å²) >= 11 is 0. The Morgan fingerprint density at radius 2 is 1.43 bits per heavy atom. The lowest BCUT2D eigenvalue weighted by molar-refractivity contribution is 0.124. The van der Waals surface area contributed by atoms with E-state index in [1.165, 1.54) is 29.3 Å². The molecule has 0 spiro atoms. The fourth-order valence-corrected chi connectivity index (χ4v) is 3.89. The number of aryl methyl sites for hydroxylation is 1. The Morgan fingerprint density at radius 1 is 0.786 bits per heavy atom. The maximum absolute atomic E-state index is 14.2. The molecule has 0 bridgehead atoms. The Morgan fingerprint density at radius 3 is 2.11 bits per heavy atom. The van der Waals surface area contributed by atoms with E-state index in [9.17, 15) is 8.78 Å². The van der Waals surface area contributed by atoms with Gasteiger partial charge in [0.1, 0.15) is 11.6 Å². The van der Waals surface area contributed by atoms with Crippen LogP contribution in [0.3, 0.4) is 0 Å². The standard InChI is InChI=1S/C24H24F2N2/c1-18-6-8-19(9-7-18)16-27-14-15-28(17-21-4-2-3-5-23(21)26)24(27)20-10-12-22(25)13-11-20/h2-13,24H,14-17H2,1H3. The molecule has 2 nitrogen and oxygen atoms in total. The zero-order chi connectivity index (χ0) is 19.5. The molecular weight excluding hydrogens is 354 g/mol. The molecule has 1 fully saturated rings. The van der Waals surface area contributed by atoms with Gasteiger partial charge in [-0.3, -0.25) is 9.80 Å². The van der Waals surface area contributed by atoms with Gasteiger partial charge in [-0.05, 0) is 36.2 Å². The van der Waals surface area contributed by atoms with E-state index in [1.807, 2.05) is 24.3 Å². The first-order chi connectivity index (χ1) is 13.6. The highest BCUT2D eigenvalue weighted by atomic mass is 19.1. The van der Waals surface area contributed by atoms with Crippen LogP contribution in [0.4, 0.5) is 8.78 Å². The monoisotopic (exact) mass is 378 g/mol. The Balaban J connectivity index is 1.61. The number of benzene rings is 3. The molecule has 1 aliphatic heterocycles. The van der Waals surface area contributed by atoms with E-state index in [2.05, 4.69) is 41.0 Å². The number of hydrogen-bond acceptors (Lipinski definition) is 2. The van der Waals surface area contributed by atoms with E-state index in [4.69, 9.17) is 0 Å². The van der Waals surface area contributed by atoms with Crippen molar-refractivity contribution < 1.29 is 8.78 Å². The summed E-state index contributed by atoms with van der Waals surface area (Å²) in [6, 6.07) is 22.1. The van der Waals surface area contributed by atoms with E-state index < -0.39 is 0 Å². The number of rotatable bonds is 5. The van der Waals surface area contributed by atoms with Gasteiger partial charge in [0.05, 0.1) is 6.17 Å². The summed E-state index contributed by atoms with van der Waals surface area (Å²) in [6.45, 7) is 5.12. The minimum Gasteiger partial charge on any atom is -0.279 e. The molecule has 1 atom stereocenters. The average molecular weight is 378 g/mol. The second-order valence-corrected chi connectivity index (χ2v) is 7.44. The fraction of sp³-hybridized carbons (Fsp3) is 0.250. The van der Waals surface area contributed by atoms with Crippen LogP contribution in [-0.2, 0) is 13.1 Å². The predicted molar refractivity (Wildman–Crippen MR) is 108 cm³/mol. The summed E-state index contributed by atoms with van der Waals surface area (Å²) < 4.78 is 27.7. The van der Waals surface area contributed by atoms with Crippen molar-refractivity contribution in [3.05, 3.63) is 107 Å². The van der Waals surface area contributed by atoms with Crippen LogP contribution in [0, 0.1) is 18.6 Å². The Labute approximate surface area is 165 Å². The molecule has 1 saturated heterocycles. The lowest BCUT2D eigenvalue weighted by Crippen LogP contribution is -2.30. The van der Waals surface area contributed by atoms with Crippen molar-refractivity contribution in [3.8, 4) is 0 Å². The molecule has 3 aromatic carbocycles. The van der Waals surface area contributed by atoms with Crippen molar-refractivity contribution in [2.75, 3.05) is 13.1 Å². The van der Waals surface area contributed by atoms with Gasteiger partial charge in [-0.15, -0.1) is 0 Å². The van der Waals surface area contributed by atoms with Gasteiger partial charge >= 0.3 is 0 Å². The molecular formula is C24H24F2N2. The van der Waals surface area contributed by atoms with Crippen LogP contribution in [0.15, 0.2) is 72.8 Å².